The summed E-state index contributed by atoms with van der Waals surface area (Å²) in [7, 11) is 0. The lowest BCUT2D eigenvalue weighted by Gasteiger charge is -2.17. The molecule has 1 amide bonds. The van der Waals surface area contributed by atoms with Gasteiger partial charge >= 0.3 is 0 Å². The van der Waals surface area contributed by atoms with Crippen LogP contribution in [-0.4, -0.2) is 16.4 Å². The molecule has 0 radical (unpaired) electrons. The van der Waals surface area contributed by atoms with Crippen LogP contribution in [0, 0.1) is 0 Å². The monoisotopic (exact) mass is 239 g/mol. The highest BCUT2D eigenvalue weighted by molar-refractivity contribution is 5.75. The quantitative estimate of drug-likeness (QED) is 0.785. The van der Waals surface area contributed by atoms with E-state index < -0.39 is 0 Å². The molecule has 0 unspecified atom stereocenters. The Morgan fingerprint density at radius 2 is 2.29 bits per heavy atom. The fraction of sp³-hybridized carbons (Fsp3) is 0.667. The van der Waals surface area contributed by atoms with Crippen molar-refractivity contribution in [1.82, 2.24) is 10.3 Å². The van der Waals surface area contributed by atoms with Crippen molar-refractivity contribution in [2.75, 3.05) is 0 Å². The summed E-state index contributed by atoms with van der Waals surface area (Å²) in [5, 5.41) is 2.76. The lowest BCUT2D eigenvalue weighted by molar-refractivity contribution is -0.121. The molecule has 0 atom stereocenters. The smallest absolute Gasteiger partial charge is 0.220 e. The second-order valence-electron chi connectivity index (χ2n) is 4.84. The second kappa shape index (κ2) is 5.82. The standard InChI is InChI=1S/C12H21N3O2/c1-4-9-7-15-11(17-9)8-14-10(16)5-6-12(2,3)13/h7H,4-6,8,13H2,1-3H3,(H,14,16). The maximum absolute atomic E-state index is 11.5. The number of nitrogens with two attached hydrogens (primary N) is 1. The summed E-state index contributed by atoms with van der Waals surface area (Å²) >= 11 is 0. The Hall–Kier alpha value is -1.36. The van der Waals surface area contributed by atoms with Gasteiger partial charge in [-0.25, -0.2) is 4.98 Å². The third-order valence-corrected chi connectivity index (χ3v) is 2.38. The molecule has 5 heteroatoms. The van der Waals surface area contributed by atoms with Crippen LogP contribution in [0.2, 0.25) is 0 Å². The Balaban J connectivity index is 2.28. The number of hydrogen-bond acceptors (Lipinski definition) is 4. The largest absolute Gasteiger partial charge is 0.444 e. The van der Waals surface area contributed by atoms with Gasteiger partial charge in [0.1, 0.15) is 5.76 Å². The summed E-state index contributed by atoms with van der Waals surface area (Å²) in [6.45, 7) is 6.14. The zero-order valence-corrected chi connectivity index (χ0v) is 10.7. The highest BCUT2D eigenvalue weighted by Crippen LogP contribution is 2.07. The molecule has 0 spiro atoms. The number of amides is 1. The number of aryl methyl sites for hydroxylation is 1. The van der Waals surface area contributed by atoms with Crippen LogP contribution in [0.4, 0.5) is 0 Å². The van der Waals surface area contributed by atoms with Gasteiger partial charge < -0.3 is 15.5 Å². The average molecular weight is 239 g/mol. The van der Waals surface area contributed by atoms with Crippen molar-refractivity contribution in [3.8, 4) is 0 Å². The van der Waals surface area contributed by atoms with Gasteiger partial charge in [0.2, 0.25) is 11.8 Å². The molecule has 1 aromatic heterocycles. The van der Waals surface area contributed by atoms with Gasteiger partial charge in [0.25, 0.3) is 0 Å². The van der Waals surface area contributed by atoms with E-state index >= 15 is 0 Å². The van der Waals surface area contributed by atoms with Gasteiger partial charge in [-0.15, -0.1) is 0 Å². The van der Waals surface area contributed by atoms with E-state index in [1.54, 1.807) is 6.20 Å². The molecular weight excluding hydrogens is 218 g/mol. The number of aromatic nitrogens is 1. The Labute approximate surface area is 102 Å². The average Bonchev–Trinajstić information content (AvgIpc) is 2.70. The summed E-state index contributed by atoms with van der Waals surface area (Å²) in [6, 6.07) is 0. The molecule has 0 aromatic carbocycles. The van der Waals surface area contributed by atoms with Gasteiger partial charge in [-0.2, -0.15) is 0 Å². The minimum Gasteiger partial charge on any atom is -0.444 e. The van der Waals surface area contributed by atoms with Crippen LogP contribution in [0.3, 0.4) is 0 Å². The van der Waals surface area contributed by atoms with Crippen LogP contribution in [0.15, 0.2) is 10.6 Å². The Morgan fingerprint density at radius 1 is 1.59 bits per heavy atom. The van der Waals surface area contributed by atoms with E-state index in [2.05, 4.69) is 10.3 Å². The number of oxazole rings is 1. The number of nitrogens with zero attached hydrogens (tertiary/aromatic N) is 1. The second-order valence-corrected chi connectivity index (χ2v) is 4.84. The third kappa shape index (κ3) is 5.49. The predicted octanol–water partition coefficient (Wildman–Crippen LogP) is 1.37. The van der Waals surface area contributed by atoms with E-state index in [9.17, 15) is 4.79 Å². The molecule has 0 aliphatic rings. The van der Waals surface area contributed by atoms with Gasteiger partial charge in [0.05, 0.1) is 12.7 Å². The first kappa shape index (κ1) is 13.7. The highest BCUT2D eigenvalue weighted by Gasteiger charge is 2.13. The number of carbonyl (C=O) groups is 1. The normalized spacial score (nSPS) is 11.5. The summed E-state index contributed by atoms with van der Waals surface area (Å²) in [6.07, 6.45) is 3.57. The van der Waals surface area contributed by atoms with Crippen LogP contribution >= 0.6 is 0 Å². The summed E-state index contributed by atoms with van der Waals surface area (Å²) in [5.74, 6) is 1.35. The van der Waals surface area contributed by atoms with Crippen molar-refractivity contribution in [1.29, 1.82) is 0 Å². The predicted molar refractivity (Wildman–Crippen MR) is 65.2 cm³/mol. The number of nitrogens with one attached hydrogen (secondary N) is 1. The van der Waals surface area contributed by atoms with E-state index in [1.807, 2.05) is 20.8 Å². The van der Waals surface area contributed by atoms with Crippen LogP contribution in [0.1, 0.15) is 45.3 Å². The minimum absolute atomic E-state index is 0.0280. The maximum Gasteiger partial charge on any atom is 0.220 e. The molecule has 17 heavy (non-hydrogen) atoms. The van der Waals surface area contributed by atoms with Crippen molar-refractivity contribution >= 4 is 5.91 Å². The highest BCUT2D eigenvalue weighted by atomic mass is 16.4. The Morgan fingerprint density at radius 3 is 2.82 bits per heavy atom. The van der Waals surface area contributed by atoms with E-state index in [4.69, 9.17) is 10.2 Å². The zero-order chi connectivity index (χ0) is 12.9. The molecule has 5 nitrogen and oxygen atoms in total. The number of carbonyl (C=O) groups excluding carboxylic acids is 1. The molecule has 96 valence electrons. The number of hydrogen-bond donors (Lipinski definition) is 2. The fourth-order valence-electron chi connectivity index (χ4n) is 1.29. The maximum atomic E-state index is 11.5. The lowest BCUT2D eigenvalue weighted by atomic mass is 10.00. The van der Waals surface area contributed by atoms with Crippen molar-refractivity contribution < 1.29 is 9.21 Å². The first-order chi connectivity index (χ1) is 7.90. The lowest BCUT2D eigenvalue weighted by Crippen LogP contribution is -2.34. The minimum atomic E-state index is -0.310. The first-order valence-corrected chi connectivity index (χ1v) is 5.90. The first-order valence-electron chi connectivity index (χ1n) is 5.90. The fourth-order valence-corrected chi connectivity index (χ4v) is 1.29. The van der Waals surface area contributed by atoms with Gasteiger partial charge in [-0.05, 0) is 20.3 Å². The summed E-state index contributed by atoms with van der Waals surface area (Å²) in [5.41, 5.74) is 5.49. The SMILES string of the molecule is CCc1cnc(CNC(=O)CCC(C)(C)N)o1. The molecule has 0 aliphatic heterocycles. The molecule has 3 N–H and O–H groups in total. The molecule has 0 saturated heterocycles. The van der Waals surface area contributed by atoms with Crippen LogP contribution in [0.25, 0.3) is 0 Å². The Bertz CT molecular complexity index is 366. The van der Waals surface area contributed by atoms with Crippen LogP contribution in [-0.2, 0) is 17.8 Å². The number of rotatable bonds is 6. The van der Waals surface area contributed by atoms with E-state index in [0.717, 1.165) is 12.2 Å². The van der Waals surface area contributed by atoms with Crippen LogP contribution in [0.5, 0.6) is 0 Å². The van der Waals surface area contributed by atoms with Crippen LogP contribution < -0.4 is 11.1 Å². The van der Waals surface area contributed by atoms with E-state index in [1.165, 1.54) is 0 Å². The molecule has 0 fully saturated rings. The molecule has 1 rings (SSSR count). The molecule has 1 aromatic rings. The van der Waals surface area contributed by atoms with E-state index in [-0.39, 0.29) is 11.4 Å². The summed E-state index contributed by atoms with van der Waals surface area (Å²) in [4.78, 5) is 15.6. The van der Waals surface area contributed by atoms with Gasteiger partial charge in [0.15, 0.2) is 0 Å². The molecule has 0 aliphatic carbocycles. The van der Waals surface area contributed by atoms with Crippen molar-refractivity contribution in [2.45, 2.75) is 52.1 Å². The van der Waals surface area contributed by atoms with E-state index in [0.29, 0.717) is 25.3 Å². The summed E-state index contributed by atoms with van der Waals surface area (Å²) < 4.78 is 5.38. The van der Waals surface area contributed by atoms with Crippen molar-refractivity contribution in [3.05, 3.63) is 17.8 Å². The van der Waals surface area contributed by atoms with Crippen molar-refractivity contribution in [3.63, 3.8) is 0 Å². The molecular formula is C12H21N3O2. The van der Waals surface area contributed by atoms with Gasteiger partial charge in [-0.1, -0.05) is 6.92 Å². The molecule has 0 bridgehead atoms. The molecule has 0 saturated carbocycles. The topological polar surface area (TPSA) is 81.2 Å². The molecule has 1 heterocycles. The van der Waals surface area contributed by atoms with Gasteiger partial charge in [0, 0.05) is 18.4 Å². The van der Waals surface area contributed by atoms with Gasteiger partial charge in [-0.3, -0.25) is 4.79 Å². The zero-order valence-electron chi connectivity index (χ0n) is 10.7. The third-order valence-electron chi connectivity index (χ3n) is 2.38. The Kier molecular flexibility index (Phi) is 4.69. The van der Waals surface area contributed by atoms with Crippen molar-refractivity contribution in [2.24, 2.45) is 5.73 Å².